The first-order chi connectivity index (χ1) is 10.1. The molecule has 0 fully saturated rings. The van der Waals surface area contributed by atoms with Crippen molar-refractivity contribution in [2.45, 2.75) is 13.0 Å². The standard InChI is InChI=1S/C17H15ClN2S/c1-11-2-4-12(5-3-11)15-10-16(20-17(21)19-15)13-6-8-14(18)9-7-13/h2-10,16H,1H3,(H2,19,20,21). The van der Waals surface area contributed by atoms with E-state index in [-0.39, 0.29) is 6.04 Å². The van der Waals surface area contributed by atoms with Crippen LogP contribution in [0.5, 0.6) is 0 Å². The van der Waals surface area contributed by atoms with E-state index in [0.717, 1.165) is 21.8 Å². The zero-order valence-electron chi connectivity index (χ0n) is 11.6. The fourth-order valence-corrected chi connectivity index (χ4v) is 2.66. The molecule has 3 rings (SSSR count). The topological polar surface area (TPSA) is 24.1 Å². The molecule has 4 heteroatoms. The van der Waals surface area contributed by atoms with E-state index in [1.165, 1.54) is 5.56 Å². The van der Waals surface area contributed by atoms with Crippen molar-refractivity contribution in [1.82, 2.24) is 10.6 Å². The van der Waals surface area contributed by atoms with Crippen molar-refractivity contribution < 1.29 is 0 Å². The van der Waals surface area contributed by atoms with Gasteiger partial charge in [0.2, 0.25) is 0 Å². The molecule has 2 aromatic rings. The molecule has 2 N–H and O–H groups in total. The second kappa shape index (κ2) is 5.88. The number of hydrogen-bond acceptors (Lipinski definition) is 1. The highest BCUT2D eigenvalue weighted by Crippen LogP contribution is 2.24. The Bertz CT molecular complexity index is 690. The van der Waals surface area contributed by atoms with Gasteiger partial charge >= 0.3 is 0 Å². The van der Waals surface area contributed by atoms with Crippen LogP contribution in [-0.2, 0) is 0 Å². The van der Waals surface area contributed by atoms with Gasteiger partial charge in [-0.2, -0.15) is 0 Å². The monoisotopic (exact) mass is 314 g/mol. The molecule has 21 heavy (non-hydrogen) atoms. The first-order valence-corrected chi connectivity index (χ1v) is 7.52. The summed E-state index contributed by atoms with van der Waals surface area (Å²) in [6.07, 6.45) is 2.14. The molecule has 0 spiro atoms. The summed E-state index contributed by atoms with van der Waals surface area (Å²) in [5, 5.41) is 7.85. The highest BCUT2D eigenvalue weighted by molar-refractivity contribution is 7.80. The minimum absolute atomic E-state index is 0.0484. The number of hydrogen-bond donors (Lipinski definition) is 2. The molecule has 2 nitrogen and oxygen atoms in total. The second-order valence-electron chi connectivity index (χ2n) is 5.07. The first kappa shape index (κ1) is 14.1. The zero-order chi connectivity index (χ0) is 14.8. The van der Waals surface area contributed by atoms with Crippen LogP contribution in [0.4, 0.5) is 0 Å². The van der Waals surface area contributed by atoms with Crippen LogP contribution in [0.2, 0.25) is 5.02 Å². The lowest BCUT2D eigenvalue weighted by Gasteiger charge is -2.26. The van der Waals surface area contributed by atoms with Gasteiger partial charge in [-0.05, 0) is 48.5 Å². The zero-order valence-corrected chi connectivity index (χ0v) is 13.1. The van der Waals surface area contributed by atoms with Crippen LogP contribution in [0, 0.1) is 6.92 Å². The summed E-state index contributed by atoms with van der Waals surface area (Å²) < 4.78 is 0. The van der Waals surface area contributed by atoms with Crippen molar-refractivity contribution in [2.75, 3.05) is 0 Å². The van der Waals surface area contributed by atoms with Crippen LogP contribution in [0.1, 0.15) is 22.7 Å². The highest BCUT2D eigenvalue weighted by atomic mass is 35.5. The minimum Gasteiger partial charge on any atom is -0.352 e. The average Bonchev–Trinajstić information content (AvgIpc) is 2.48. The molecule has 0 aliphatic carbocycles. The Morgan fingerprint density at radius 3 is 2.33 bits per heavy atom. The number of aryl methyl sites for hydroxylation is 1. The van der Waals surface area contributed by atoms with Crippen LogP contribution >= 0.6 is 23.8 Å². The second-order valence-corrected chi connectivity index (χ2v) is 5.92. The van der Waals surface area contributed by atoms with Gasteiger partial charge in [-0.3, -0.25) is 0 Å². The van der Waals surface area contributed by atoms with E-state index in [4.69, 9.17) is 23.8 Å². The first-order valence-electron chi connectivity index (χ1n) is 6.74. The summed E-state index contributed by atoms with van der Waals surface area (Å²) in [7, 11) is 0. The summed E-state index contributed by atoms with van der Waals surface area (Å²) in [4.78, 5) is 0. The molecular weight excluding hydrogens is 300 g/mol. The Morgan fingerprint density at radius 2 is 1.67 bits per heavy atom. The van der Waals surface area contributed by atoms with Gasteiger partial charge in [-0.25, -0.2) is 0 Å². The van der Waals surface area contributed by atoms with Crippen molar-refractivity contribution >= 4 is 34.6 Å². The molecule has 106 valence electrons. The maximum atomic E-state index is 5.94. The number of benzene rings is 2. The number of halogens is 1. The maximum absolute atomic E-state index is 5.94. The van der Waals surface area contributed by atoms with E-state index < -0.39 is 0 Å². The largest absolute Gasteiger partial charge is 0.352 e. The van der Waals surface area contributed by atoms with E-state index in [1.807, 2.05) is 24.3 Å². The summed E-state index contributed by atoms with van der Waals surface area (Å²) in [6.45, 7) is 2.08. The molecule has 0 saturated carbocycles. The SMILES string of the molecule is Cc1ccc(C2=CC(c3ccc(Cl)cc3)NC(=S)N2)cc1. The molecule has 1 aliphatic heterocycles. The fourth-order valence-electron chi connectivity index (χ4n) is 2.30. The molecule has 2 aromatic carbocycles. The van der Waals surface area contributed by atoms with Crippen molar-refractivity contribution in [2.24, 2.45) is 0 Å². The maximum Gasteiger partial charge on any atom is 0.171 e. The Kier molecular flexibility index (Phi) is 3.95. The predicted molar refractivity (Wildman–Crippen MR) is 92.2 cm³/mol. The van der Waals surface area contributed by atoms with Crippen LogP contribution in [0.15, 0.2) is 54.6 Å². The molecule has 1 unspecified atom stereocenters. The lowest BCUT2D eigenvalue weighted by Crippen LogP contribution is -2.40. The van der Waals surface area contributed by atoms with E-state index >= 15 is 0 Å². The van der Waals surface area contributed by atoms with Crippen LogP contribution in [0.25, 0.3) is 5.70 Å². The van der Waals surface area contributed by atoms with Crippen LogP contribution < -0.4 is 10.6 Å². The smallest absolute Gasteiger partial charge is 0.171 e. The third kappa shape index (κ3) is 3.26. The summed E-state index contributed by atoms with van der Waals surface area (Å²) in [6, 6.07) is 16.2. The van der Waals surface area contributed by atoms with Gasteiger partial charge in [0.1, 0.15) is 0 Å². The van der Waals surface area contributed by atoms with Gasteiger partial charge in [-0.1, -0.05) is 53.6 Å². The van der Waals surface area contributed by atoms with E-state index in [0.29, 0.717) is 5.11 Å². The van der Waals surface area contributed by atoms with Gasteiger partial charge < -0.3 is 10.6 Å². The Balaban J connectivity index is 1.95. The third-order valence-electron chi connectivity index (χ3n) is 3.46. The molecule has 1 aliphatic rings. The fraction of sp³-hybridized carbons (Fsp3) is 0.118. The van der Waals surface area contributed by atoms with Crippen molar-refractivity contribution in [3.05, 3.63) is 76.3 Å². The molecule has 0 aromatic heterocycles. The average molecular weight is 315 g/mol. The van der Waals surface area contributed by atoms with Gasteiger partial charge in [0.25, 0.3) is 0 Å². The van der Waals surface area contributed by atoms with E-state index in [1.54, 1.807) is 0 Å². The Labute approximate surface area is 134 Å². The Hall–Kier alpha value is -1.84. The van der Waals surface area contributed by atoms with Crippen molar-refractivity contribution in [1.29, 1.82) is 0 Å². The molecule has 1 heterocycles. The lowest BCUT2D eigenvalue weighted by molar-refractivity contribution is 0.765. The molecule has 0 saturated heterocycles. The van der Waals surface area contributed by atoms with Crippen molar-refractivity contribution in [3.8, 4) is 0 Å². The molecule has 1 atom stereocenters. The molecular formula is C17H15ClN2S. The molecule has 0 bridgehead atoms. The summed E-state index contributed by atoms with van der Waals surface area (Å²) in [5.41, 5.74) is 4.53. The van der Waals surface area contributed by atoms with Gasteiger partial charge in [-0.15, -0.1) is 0 Å². The minimum atomic E-state index is 0.0484. The summed E-state index contributed by atoms with van der Waals surface area (Å²) in [5.74, 6) is 0. The van der Waals surface area contributed by atoms with Gasteiger partial charge in [0.05, 0.1) is 6.04 Å². The van der Waals surface area contributed by atoms with Crippen LogP contribution in [0.3, 0.4) is 0 Å². The molecule has 0 radical (unpaired) electrons. The predicted octanol–water partition coefficient (Wildman–Crippen LogP) is 4.21. The van der Waals surface area contributed by atoms with E-state index in [2.05, 4.69) is 47.9 Å². The number of rotatable bonds is 2. The third-order valence-corrected chi connectivity index (χ3v) is 3.93. The lowest BCUT2D eigenvalue weighted by atomic mass is 10.0. The highest BCUT2D eigenvalue weighted by Gasteiger charge is 2.18. The number of thiocarbonyl (C=S) groups is 1. The van der Waals surface area contributed by atoms with E-state index in [9.17, 15) is 0 Å². The van der Waals surface area contributed by atoms with Gasteiger partial charge in [0.15, 0.2) is 5.11 Å². The van der Waals surface area contributed by atoms with Crippen LogP contribution in [-0.4, -0.2) is 5.11 Å². The van der Waals surface area contributed by atoms with Gasteiger partial charge in [0, 0.05) is 10.7 Å². The summed E-state index contributed by atoms with van der Waals surface area (Å²) >= 11 is 11.3. The number of nitrogens with one attached hydrogen (secondary N) is 2. The van der Waals surface area contributed by atoms with Crippen molar-refractivity contribution in [3.63, 3.8) is 0 Å². The molecule has 0 amide bonds. The normalized spacial score (nSPS) is 17.7. The Morgan fingerprint density at radius 1 is 1.00 bits per heavy atom. The quantitative estimate of drug-likeness (QED) is 0.812.